The minimum absolute atomic E-state index is 0. The third kappa shape index (κ3) is 10.7. The smallest absolute Gasteiger partial charge is 0.119 e. The molecular weight excluding hydrogens is 412 g/mol. The maximum absolute atomic E-state index is 8.80. The molecule has 0 saturated heterocycles. The highest BCUT2D eigenvalue weighted by atomic mass is 35.5. The average molecular weight is 443 g/mol. The Morgan fingerprint density at radius 3 is 1.32 bits per heavy atom. The first-order valence-corrected chi connectivity index (χ1v) is 10.2. The van der Waals surface area contributed by atoms with Gasteiger partial charge in [0.25, 0.3) is 0 Å². The van der Waals surface area contributed by atoms with Crippen molar-refractivity contribution in [3.05, 3.63) is 59.7 Å². The minimum Gasteiger partial charge on any atom is -0.494 e. The summed E-state index contributed by atoms with van der Waals surface area (Å²) in [6, 6.07) is 18.6. The molecule has 2 aromatic carbocycles. The number of benzene rings is 2. The lowest BCUT2D eigenvalue weighted by Gasteiger charge is -2.22. The molecule has 0 aliphatic rings. The zero-order valence-corrected chi connectivity index (χ0v) is 19.1. The van der Waals surface area contributed by atoms with Crippen LogP contribution in [0.3, 0.4) is 0 Å². The second-order valence-electron chi connectivity index (χ2n) is 7.28. The van der Waals surface area contributed by atoms with Crippen molar-refractivity contribution in [3.63, 3.8) is 0 Å². The molecule has 0 spiro atoms. The fourth-order valence-corrected chi connectivity index (χ4v) is 2.87. The molecule has 31 heavy (non-hydrogen) atoms. The van der Waals surface area contributed by atoms with Crippen molar-refractivity contribution in [1.29, 1.82) is 10.5 Å². The Bertz CT molecular complexity index is 757. The fraction of sp³-hybridized carbons (Fsp3) is 0.417. The van der Waals surface area contributed by atoms with Crippen LogP contribution in [-0.4, -0.2) is 63.3 Å². The summed E-state index contributed by atoms with van der Waals surface area (Å²) in [5, 5.41) is 17.6. The summed E-state index contributed by atoms with van der Waals surface area (Å²) in [4.78, 5) is 4.62. The number of nitrogens with zero attached hydrogens (tertiary/aromatic N) is 4. The van der Waals surface area contributed by atoms with Crippen LogP contribution in [0, 0.1) is 22.7 Å². The molecule has 0 unspecified atom stereocenters. The van der Waals surface area contributed by atoms with Gasteiger partial charge in [-0.05, 0) is 75.5 Å². The van der Waals surface area contributed by atoms with E-state index in [1.807, 2.05) is 24.3 Å². The number of likely N-dealkylation sites (N-methyl/N-ethyl adjacent to an activating group) is 2. The number of rotatable bonds is 13. The number of ether oxygens (including phenoxy) is 2. The van der Waals surface area contributed by atoms with Gasteiger partial charge in [-0.15, -0.1) is 12.4 Å². The predicted octanol–water partition coefficient (Wildman–Crippen LogP) is 3.95. The first-order chi connectivity index (χ1) is 14.6. The van der Waals surface area contributed by atoms with Gasteiger partial charge in [-0.1, -0.05) is 0 Å². The molecule has 6 nitrogen and oxygen atoms in total. The van der Waals surface area contributed by atoms with Crippen LogP contribution in [0.1, 0.15) is 24.0 Å². The zero-order valence-electron chi connectivity index (χ0n) is 18.3. The van der Waals surface area contributed by atoms with Crippen LogP contribution in [0.5, 0.6) is 11.5 Å². The van der Waals surface area contributed by atoms with Crippen LogP contribution in [0.25, 0.3) is 0 Å². The molecular formula is C24H31ClN4O2. The summed E-state index contributed by atoms with van der Waals surface area (Å²) in [5.74, 6) is 1.61. The third-order valence-electron chi connectivity index (χ3n) is 4.74. The topological polar surface area (TPSA) is 72.5 Å². The lowest BCUT2D eigenvalue weighted by Crippen LogP contribution is -2.32. The van der Waals surface area contributed by atoms with E-state index in [9.17, 15) is 0 Å². The second kappa shape index (κ2) is 15.1. The van der Waals surface area contributed by atoms with Gasteiger partial charge >= 0.3 is 0 Å². The lowest BCUT2D eigenvalue weighted by atomic mass is 10.2. The normalized spacial score (nSPS) is 10.3. The Morgan fingerprint density at radius 1 is 0.645 bits per heavy atom. The van der Waals surface area contributed by atoms with Crippen molar-refractivity contribution in [3.8, 4) is 23.6 Å². The summed E-state index contributed by atoms with van der Waals surface area (Å²) >= 11 is 0. The molecule has 2 rings (SSSR count). The van der Waals surface area contributed by atoms with Crippen LogP contribution in [0.15, 0.2) is 48.5 Å². The van der Waals surface area contributed by atoms with E-state index in [0.717, 1.165) is 50.5 Å². The molecule has 0 radical (unpaired) electrons. The van der Waals surface area contributed by atoms with E-state index < -0.39 is 0 Å². The number of nitriles is 2. The maximum atomic E-state index is 8.80. The van der Waals surface area contributed by atoms with Crippen molar-refractivity contribution in [2.45, 2.75) is 12.8 Å². The van der Waals surface area contributed by atoms with Gasteiger partial charge in [0.2, 0.25) is 0 Å². The molecule has 0 aliphatic heterocycles. The largest absolute Gasteiger partial charge is 0.494 e. The van der Waals surface area contributed by atoms with Crippen LogP contribution >= 0.6 is 12.4 Å². The van der Waals surface area contributed by atoms with Crippen molar-refractivity contribution in [1.82, 2.24) is 9.80 Å². The fourth-order valence-electron chi connectivity index (χ4n) is 2.87. The first-order valence-electron chi connectivity index (χ1n) is 10.2. The van der Waals surface area contributed by atoms with Gasteiger partial charge in [0, 0.05) is 26.2 Å². The van der Waals surface area contributed by atoms with E-state index in [1.54, 1.807) is 24.3 Å². The van der Waals surface area contributed by atoms with Gasteiger partial charge in [0.05, 0.1) is 36.5 Å². The molecule has 0 amide bonds. The Balaban J connectivity index is 0.00000480. The van der Waals surface area contributed by atoms with Crippen molar-refractivity contribution in [2.24, 2.45) is 0 Å². The summed E-state index contributed by atoms with van der Waals surface area (Å²) in [5.41, 5.74) is 1.29. The number of hydrogen-bond donors (Lipinski definition) is 0. The summed E-state index contributed by atoms with van der Waals surface area (Å²) < 4.78 is 11.4. The quantitative estimate of drug-likeness (QED) is 0.437. The second-order valence-corrected chi connectivity index (χ2v) is 7.28. The number of halogens is 1. The number of hydrogen-bond acceptors (Lipinski definition) is 6. The molecule has 0 aromatic heterocycles. The Labute approximate surface area is 192 Å². The van der Waals surface area contributed by atoms with Crippen LogP contribution in [0.4, 0.5) is 0 Å². The highest BCUT2D eigenvalue weighted by molar-refractivity contribution is 5.85. The summed E-state index contributed by atoms with van der Waals surface area (Å²) in [7, 11) is 4.26. The van der Waals surface area contributed by atoms with E-state index >= 15 is 0 Å². The highest BCUT2D eigenvalue weighted by Gasteiger charge is 2.03. The van der Waals surface area contributed by atoms with Gasteiger partial charge in [0.15, 0.2) is 0 Å². The molecule has 166 valence electrons. The van der Waals surface area contributed by atoms with E-state index in [4.69, 9.17) is 20.0 Å². The molecule has 0 atom stereocenters. The lowest BCUT2D eigenvalue weighted by molar-refractivity contribution is 0.221. The molecule has 0 N–H and O–H groups in total. The zero-order chi connectivity index (χ0) is 21.6. The van der Waals surface area contributed by atoms with Gasteiger partial charge < -0.3 is 19.3 Å². The average Bonchev–Trinajstić information content (AvgIpc) is 2.79. The molecule has 0 aliphatic carbocycles. The molecule has 7 heteroatoms. The molecule has 0 fully saturated rings. The molecule has 2 aromatic rings. The van der Waals surface area contributed by atoms with E-state index in [1.165, 1.54) is 0 Å². The van der Waals surface area contributed by atoms with Gasteiger partial charge in [-0.25, -0.2) is 0 Å². The van der Waals surface area contributed by atoms with E-state index in [-0.39, 0.29) is 12.4 Å². The van der Waals surface area contributed by atoms with Crippen molar-refractivity contribution < 1.29 is 9.47 Å². The predicted molar refractivity (Wildman–Crippen MR) is 125 cm³/mol. The standard InChI is InChI=1S/C24H30N4O2.ClH/c1-27(13-3-17-29-23-9-5-21(19-25)6-10-23)15-16-28(2)14-4-18-30-24-11-7-22(20-26)8-12-24;/h5-12H,3-4,13-18H2,1-2H3;1H. The van der Waals surface area contributed by atoms with E-state index in [0.29, 0.717) is 24.3 Å². The minimum atomic E-state index is 0. The summed E-state index contributed by atoms with van der Waals surface area (Å²) in [6.45, 7) is 5.29. The van der Waals surface area contributed by atoms with Gasteiger partial charge in [-0.2, -0.15) is 10.5 Å². The Morgan fingerprint density at radius 2 is 1.00 bits per heavy atom. The molecule has 0 heterocycles. The molecule has 0 bridgehead atoms. The SMILES string of the molecule is CN(CCCOc1ccc(C#N)cc1)CCN(C)CCCOc1ccc(C#N)cc1.Cl. The van der Waals surface area contributed by atoms with Crippen LogP contribution < -0.4 is 9.47 Å². The highest BCUT2D eigenvalue weighted by Crippen LogP contribution is 2.12. The van der Waals surface area contributed by atoms with Crippen molar-refractivity contribution in [2.75, 3.05) is 53.5 Å². The molecule has 0 saturated carbocycles. The van der Waals surface area contributed by atoms with Gasteiger partial charge in [0.1, 0.15) is 11.5 Å². The third-order valence-corrected chi connectivity index (χ3v) is 4.74. The van der Waals surface area contributed by atoms with Crippen LogP contribution in [-0.2, 0) is 0 Å². The van der Waals surface area contributed by atoms with Crippen LogP contribution in [0.2, 0.25) is 0 Å². The summed E-state index contributed by atoms with van der Waals surface area (Å²) in [6.07, 6.45) is 1.91. The monoisotopic (exact) mass is 442 g/mol. The van der Waals surface area contributed by atoms with Gasteiger partial charge in [-0.3, -0.25) is 0 Å². The first kappa shape index (κ1) is 26.3. The van der Waals surface area contributed by atoms with Crippen molar-refractivity contribution >= 4 is 12.4 Å². The Hall–Kier alpha value is -2.77. The van der Waals surface area contributed by atoms with E-state index in [2.05, 4.69) is 36.0 Å². The Kier molecular flexibility index (Phi) is 12.8. The maximum Gasteiger partial charge on any atom is 0.119 e.